The molecular formula is C25H26F3N3O3. The van der Waals surface area contributed by atoms with Gasteiger partial charge in [-0.05, 0) is 54.2 Å². The van der Waals surface area contributed by atoms with E-state index in [4.69, 9.17) is 14.9 Å². The van der Waals surface area contributed by atoms with Crippen LogP contribution >= 0.6 is 0 Å². The molecule has 1 amide bonds. The van der Waals surface area contributed by atoms with Gasteiger partial charge in [0, 0.05) is 25.7 Å². The molecular weight excluding hydrogens is 447 g/mol. The number of aromatic nitrogens is 1. The first-order chi connectivity index (χ1) is 16.3. The van der Waals surface area contributed by atoms with Gasteiger partial charge in [0.2, 0.25) is 5.76 Å². The topological polar surface area (TPSA) is 90.4 Å². The predicted molar refractivity (Wildman–Crippen MR) is 120 cm³/mol. The van der Waals surface area contributed by atoms with Gasteiger partial charge in [0.1, 0.15) is 0 Å². The first-order valence-corrected chi connectivity index (χ1v) is 11.1. The summed E-state index contributed by atoms with van der Waals surface area (Å²) in [5, 5.41) is 2.87. The fraction of sp³-hybridized carbons (Fsp3) is 0.360. The molecule has 3 N–H and O–H groups in total. The highest BCUT2D eigenvalue weighted by Crippen LogP contribution is 2.34. The molecule has 1 atom stereocenters. The normalized spacial score (nSPS) is 15.8. The number of nitrogens with zero attached hydrogens (tertiary/aromatic N) is 1. The molecule has 1 fully saturated rings. The lowest BCUT2D eigenvalue weighted by Gasteiger charge is -2.18. The number of benzene rings is 2. The Bertz CT molecular complexity index is 1140. The fourth-order valence-corrected chi connectivity index (χ4v) is 4.03. The molecule has 6 nitrogen and oxygen atoms in total. The summed E-state index contributed by atoms with van der Waals surface area (Å²) in [6.07, 6.45) is -1.39. The Hall–Kier alpha value is -3.17. The summed E-state index contributed by atoms with van der Waals surface area (Å²) in [6.45, 7) is 3.23. The Morgan fingerprint density at radius 3 is 2.53 bits per heavy atom. The van der Waals surface area contributed by atoms with Crippen LogP contribution in [0.4, 0.5) is 13.2 Å². The van der Waals surface area contributed by atoms with Gasteiger partial charge in [-0.15, -0.1) is 0 Å². The second kappa shape index (κ2) is 9.99. The smallest absolute Gasteiger partial charge is 0.416 e. The molecule has 0 radical (unpaired) electrons. The number of carbonyl (C=O) groups is 1. The molecule has 1 saturated heterocycles. The van der Waals surface area contributed by atoms with Crippen LogP contribution in [0.25, 0.3) is 11.1 Å². The quantitative estimate of drug-likeness (QED) is 0.513. The number of halogens is 3. The van der Waals surface area contributed by atoms with Gasteiger partial charge in [-0.2, -0.15) is 13.2 Å². The highest BCUT2D eigenvalue weighted by atomic mass is 19.4. The third-order valence-electron chi connectivity index (χ3n) is 6.04. The second-order valence-corrected chi connectivity index (χ2v) is 8.34. The number of carbonyl (C=O) groups excluding carboxylic acids is 1. The summed E-state index contributed by atoms with van der Waals surface area (Å²) in [6, 6.07) is 10.2. The zero-order chi connectivity index (χ0) is 24.3. The predicted octanol–water partition coefficient (Wildman–Crippen LogP) is 5.20. The van der Waals surface area contributed by atoms with Gasteiger partial charge in [0.05, 0.1) is 17.8 Å². The van der Waals surface area contributed by atoms with E-state index >= 15 is 0 Å². The molecule has 34 heavy (non-hydrogen) atoms. The summed E-state index contributed by atoms with van der Waals surface area (Å²) in [7, 11) is 0. The van der Waals surface area contributed by atoms with Crippen LogP contribution in [0, 0.1) is 0 Å². The van der Waals surface area contributed by atoms with E-state index < -0.39 is 11.7 Å². The van der Waals surface area contributed by atoms with Gasteiger partial charge >= 0.3 is 6.18 Å². The van der Waals surface area contributed by atoms with E-state index in [2.05, 4.69) is 10.3 Å². The first-order valence-electron chi connectivity index (χ1n) is 11.1. The SMILES string of the molecule is C[C@@H](NC(=O)c1cnc(C2CCOCC2)o1)c1ccc(-c2cc(C(F)(F)F)ccc2CN)cc1. The van der Waals surface area contributed by atoms with Crippen LogP contribution in [0.1, 0.15) is 64.9 Å². The number of hydrogen-bond donors (Lipinski definition) is 2. The average Bonchev–Trinajstić information content (AvgIpc) is 3.34. The van der Waals surface area contributed by atoms with Crippen LogP contribution in [0.15, 0.2) is 53.1 Å². The van der Waals surface area contributed by atoms with Crippen LogP contribution in [0.3, 0.4) is 0 Å². The minimum atomic E-state index is -4.44. The van der Waals surface area contributed by atoms with Crippen molar-refractivity contribution in [1.82, 2.24) is 10.3 Å². The lowest BCUT2D eigenvalue weighted by molar-refractivity contribution is -0.137. The molecule has 0 bridgehead atoms. The third-order valence-corrected chi connectivity index (χ3v) is 6.04. The summed E-state index contributed by atoms with van der Waals surface area (Å²) in [5.74, 6) is 0.448. The summed E-state index contributed by atoms with van der Waals surface area (Å²) >= 11 is 0. The number of alkyl halides is 3. The van der Waals surface area contributed by atoms with E-state index in [-0.39, 0.29) is 30.2 Å². The fourth-order valence-electron chi connectivity index (χ4n) is 4.03. The summed E-state index contributed by atoms with van der Waals surface area (Å²) in [5.41, 5.74) is 7.47. The van der Waals surface area contributed by atoms with Crippen molar-refractivity contribution in [3.8, 4) is 11.1 Å². The van der Waals surface area contributed by atoms with E-state index in [0.717, 1.165) is 30.5 Å². The van der Waals surface area contributed by atoms with Crippen molar-refractivity contribution in [2.24, 2.45) is 5.73 Å². The van der Waals surface area contributed by atoms with Gasteiger partial charge in [-0.3, -0.25) is 4.79 Å². The van der Waals surface area contributed by atoms with Crippen LogP contribution in [-0.2, 0) is 17.5 Å². The van der Waals surface area contributed by atoms with Gasteiger partial charge in [-0.1, -0.05) is 30.3 Å². The minimum Gasteiger partial charge on any atom is -0.435 e. The van der Waals surface area contributed by atoms with E-state index in [1.807, 2.05) is 6.92 Å². The number of hydrogen-bond acceptors (Lipinski definition) is 5. The minimum absolute atomic E-state index is 0.120. The van der Waals surface area contributed by atoms with Crippen molar-refractivity contribution < 1.29 is 27.1 Å². The van der Waals surface area contributed by atoms with Crippen molar-refractivity contribution in [3.05, 3.63) is 77.0 Å². The highest BCUT2D eigenvalue weighted by Gasteiger charge is 2.31. The lowest BCUT2D eigenvalue weighted by Crippen LogP contribution is -2.26. The Morgan fingerprint density at radius 2 is 1.88 bits per heavy atom. The third kappa shape index (κ3) is 5.31. The van der Waals surface area contributed by atoms with Crippen molar-refractivity contribution >= 4 is 5.91 Å². The zero-order valence-electron chi connectivity index (χ0n) is 18.7. The molecule has 9 heteroatoms. The number of nitrogens with one attached hydrogen (secondary N) is 1. The molecule has 2 heterocycles. The standard InChI is InChI=1S/C25H26F3N3O3/c1-15(31-23(32)22-14-30-24(34-22)18-8-10-33-11-9-18)16-2-4-17(5-3-16)21-12-20(25(26,27)28)7-6-19(21)13-29/h2-7,12,14-15,18H,8-11,13,29H2,1H3,(H,31,32)/t15-/m1/s1. The Balaban J connectivity index is 1.46. The van der Waals surface area contributed by atoms with E-state index in [1.165, 1.54) is 12.3 Å². The molecule has 180 valence electrons. The second-order valence-electron chi connectivity index (χ2n) is 8.34. The van der Waals surface area contributed by atoms with Gasteiger partial charge in [-0.25, -0.2) is 4.98 Å². The number of amides is 1. The first kappa shape index (κ1) is 24.0. The van der Waals surface area contributed by atoms with E-state index in [0.29, 0.717) is 35.8 Å². The highest BCUT2D eigenvalue weighted by molar-refractivity contribution is 5.91. The van der Waals surface area contributed by atoms with E-state index in [9.17, 15) is 18.0 Å². The van der Waals surface area contributed by atoms with Gasteiger partial charge < -0.3 is 20.2 Å². The number of rotatable bonds is 6. The molecule has 0 spiro atoms. The van der Waals surface area contributed by atoms with Crippen molar-refractivity contribution in [2.75, 3.05) is 13.2 Å². The Kier molecular flexibility index (Phi) is 7.04. The molecule has 0 aliphatic carbocycles. The molecule has 1 aliphatic heterocycles. The average molecular weight is 473 g/mol. The zero-order valence-corrected chi connectivity index (χ0v) is 18.7. The van der Waals surface area contributed by atoms with Crippen molar-refractivity contribution in [3.63, 3.8) is 0 Å². The number of oxazole rings is 1. The molecule has 1 aliphatic rings. The van der Waals surface area contributed by atoms with Crippen molar-refractivity contribution in [1.29, 1.82) is 0 Å². The van der Waals surface area contributed by atoms with Gasteiger partial charge in [0.15, 0.2) is 5.89 Å². The Morgan fingerprint density at radius 1 is 1.18 bits per heavy atom. The summed E-state index contributed by atoms with van der Waals surface area (Å²) in [4.78, 5) is 16.9. The molecule has 0 unspecified atom stereocenters. The van der Waals surface area contributed by atoms with Crippen LogP contribution in [0.2, 0.25) is 0 Å². The number of ether oxygens (including phenoxy) is 1. The molecule has 4 rings (SSSR count). The van der Waals surface area contributed by atoms with Crippen LogP contribution in [-0.4, -0.2) is 24.1 Å². The van der Waals surface area contributed by atoms with Gasteiger partial charge in [0.25, 0.3) is 5.91 Å². The molecule has 3 aromatic rings. The maximum Gasteiger partial charge on any atom is 0.416 e. The number of nitrogens with two attached hydrogens (primary N) is 1. The van der Waals surface area contributed by atoms with E-state index in [1.54, 1.807) is 24.3 Å². The summed E-state index contributed by atoms with van der Waals surface area (Å²) < 4.78 is 50.5. The van der Waals surface area contributed by atoms with Crippen LogP contribution < -0.4 is 11.1 Å². The Labute approximate surface area is 195 Å². The molecule has 2 aromatic carbocycles. The lowest BCUT2D eigenvalue weighted by atomic mass is 9.95. The largest absolute Gasteiger partial charge is 0.435 e. The van der Waals surface area contributed by atoms with Crippen LogP contribution in [0.5, 0.6) is 0 Å². The maximum absolute atomic E-state index is 13.2. The monoisotopic (exact) mass is 473 g/mol. The van der Waals surface area contributed by atoms with Crippen molar-refractivity contribution in [2.45, 2.75) is 44.4 Å². The maximum atomic E-state index is 13.2. The molecule has 1 aromatic heterocycles. The molecule has 0 saturated carbocycles.